The molecule has 0 unspecified atom stereocenters. The van der Waals surface area contributed by atoms with Crippen molar-refractivity contribution >= 4 is 17.5 Å². The lowest BCUT2D eigenvalue weighted by molar-refractivity contribution is 0.896. The van der Waals surface area contributed by atoms with Gasteiger partial charge in [-0.1, -0.05) is 41.9 Å². The summed E-state index contributed by atoms with van der Waals surface area (Å²) in [5, 5.41) is 0.552. The summed E-state index contributed by atoms with van der Waals surface area (Å²) in [5.74, 6) is 0.756. The molecule has 2 aromatic rings. The van der Waals surface area contributed by atoms with Crippen LogP contribution in [0.3, 0.4) is 0 Å². The molecule has 0 atom stereocenters. The Bertz CT molecular complexity index is 577. The lowest BCUT2D eigenvalue weighted by Crippen LogP contribution is -2.21. The average Bonchev–Trinajstić information content (AvgIpc) is 2.97. The van der Waals surface area contributed by atoms with E-state index in [2.05, 4.69) is 22.0 Å². The third-order valence-corrected chi connectivity index (χ3v) is 3.88. The van der Waals surface area contributed by atoms with Gasteiger partial charge >= 0.3 is 0 Å². The van der Waals surface area contributed by atoms with Gasteiger partial charge in [-0.05, 0) is 19.8 Å². The molecule has 1 aliphatic heterocycles. The summed E-state index contributed by atoms with van der Waals surface area (Å²) < 4.78 is 0. The number of halogens is 1. The van der Waals surface area contributed by atoms with Gasteiger partial charge in [0.2, 0.25) is 5.95 Å². The van der Waals surface area contributed by atoms with Crippen molar-refractivity contribution in [2.24, 2.45) is 0 Å². The first kappa shape index (κ1) is 12.4. The van der Waals surface area contributed by atoms with Crippen LogP contribution in [-0.4, -0.2) is 23.1 Å². The van der Waals surface area contributed by atoms with Gasteiger partial charge in [0.1, 0.15) is 5.15 Å². The van der Waals surface area contributed by atoms with Gasteiger partial charge in [-0.25, -0.2) is 9.97 Å². The van der Waals surface area contributed by atoms with Gasteiger partial charge in [-0.15, -0.1) is 0 Å². The van der Waals surface area contributed by atoms with Crippen LogP contribution in [0.4, 0.5) is 5.95 Å². The molecular weight excluding hydrogens is 258 g/mol. The fraction of sp³-hybridized carbons (Fsp3) is 0.333. The van der Waals surface area contributed by atoms with Crippen molar-refractivity contribution in [3.05, 3.63) is 41.0 Å². The van der Waals surface area contributed by atoms with Crippen molar-refractivity contribution in [2.45, 2.75) is 19.8 Å². The van der Waals surface area contributed by atoms with Crippen LogP contribution < -0.4 is 4.90 Å². The van der Waals surface area contributed by atoms with Crippen LogP contribution in [-0.2, 0) is 0 Å². The van der Waals surface area contributed by atoms with Crippen molar-refractivity contribution in [1.82, 2.24) is 9.97 Å². The van der Waals surface area contributed by atoms with Crippen molar-refractivity contribution in [3.8, 4) is 11.3 Å². The van der Waals surface area contributed by atoms with E-state index in [1.165, 1.54) is 12.8 Å². The Hall–Kier alpha value is -1.61. The molecule has 2 heterocycles. The molecule has 0 N–H and O–H groups in total. The summed E-state index contributed by atoms with van der Waals surface area (Å²) in [6.07, 6.45) is 2.41. The predicted molar refractivity (Wildman–Crippen MR) is 78.7 cm³/mol. The Morgan fingerprint density at radius 1 is 1.05 bits per heavy atom. The van der Waals surface area contributed by atoms with E-state index in [0.29, 0.717) is 5.15 Å². The highest BCUT2D eigenvalue weighted by Crippen LogP contribution is 2.28. The molecule has 1 fully saturated rings. The summed E-state index contributed by atoms with van der Waals surface area (Å²) in [7, 11) is 0. The van der Waals surface area contributed by atoms with Crippen molar-refractivity contribution in [1.29, 1.82) is 0 Å². The quantitative estimate of drug-likeness (QED) is 0.781. The second kappa shape index (κ2) is 5.17. The molecule has 1 aromatic heterocycles. The maximum absolute atomic E-state index is 6.27. The summed E-state index contributed by atoms with van der Waals surface area (Å²) in [5.41, 5.74) is 2.96. The van der Waals surface area contributed by atoms with Gasteiger partial charge in [0.15, 0.2) is 0 Å². The minimum atomic E-state index is 0.552. The second-order valence-electron chi connectivity index (χ2n) is 4.85. The molecule has 4 heteroatoms. The number of anilines is 1. The van der Waals surface area contributed by atoms with Gasteiger partial charge in [0.05, 0.1) is 5.69 Å². The maximum Gasteiger partial charge on any atom is 0.227 e. The molecule has 1 saturated heterocycles. The van der Waals surface area contributed by atoms with Crippen molar-refractivity contribution in [3.63, 3.8) is 0 Å². The highest BCUT2D eigenvalue weighted by molar-refractivity contribution is 6.30. The summed E-state index contributed by atoms with van der Waals surface area (Å²) in [6, 6.07) is 10.1. The topological polar surface area (TPSA) is 29.0 Å². The standard InChI is InChI=1S/C15H16ClN3/c1-11-13(12-7-3-2-4-8-12)17-15(18-14(11)16)19-9-5-6-10-19/h2-4,7-8H,5-6,9-10H2,1H3. The Morgan fingerprint density at radius 2 is 1.74 bits per heavy atom. The van der Waals surface area contributed by atoms with Crippen molar-refractivity contribution in [2.75, 3.05) is 18.0 Å². The van der Waals surface area contributed by atoms with Crippen LogP contribution in [0.15, 0.2) is 30.3 Å². The zero-order valence-corrected chi connectivity index (χ0v) is 11.7. The molecule has 19 heavy (non-hydrogen) atoms. The third kappa shape index (κ3) is 2.43. The molecule has 0 bridgehead atoms. The molecule has 98 valence electrons. The van der Waals surface area contributed by atoms with Gasteiger partial charge < -0.3 is 4.90 Å². The lowest BCUT2D eigenvalue weighted by Gasteiger charge is -2.17. The molecule has 1 aromatic carbocycles. The first-order valence-corrected chi connectivity index (χ1v) is 6.98. The van der Waals surface area contributed by atoms with Crippen molar-refractivity contribution < 1.29 is 0 Å². The summed E-state index contributed by atoms with van der Waals surface area (Å²) >= 11 is 6.27. The van der Waals surface area contributed by atoms with E-state index in [0.717, 1.165) is 35.9 Å². The second-order valence-corrected chi connectivity index (χ2v) is 5.21. The molecule has 0 amide bonds. The van der Waals surface area contributed by atoms with E-state index >= 15 is 0 Å². The highest BCUT2D eigenvalue weighted by atomic mass is 35.5. The van der Waals surface area contributed by atoms with Gasteiger partial charge in [0.25, 0.3) is 0 Å². The number of aromatic nitrogens is 2. The number of nitrogens with zero attached hydrogens (tertiary/aromatic N) is 3. The highest BCUT2D eigenvalue weighted by Gasteiger charge is 2.18. The number of hydrogen-bond donors (Lipinski definition) is 0. The van der Waals surface area contributed by atoms with E-state index in [1.807, 2.05) is 25.1 Å². The normalized spacial score (nSPS) is 14.9. The smallest absolute Gasteiger partial charge is 0.227 e. The molecule has 3 rings (SSSR count). The van der Waals surface area contributed by atoms with E-state index in [-0.39, 0.29) is 0 Å². The summed E-state index contributed by atoms with van der Waals surface area (Å²) in [6.45, 7) is 4.01. The van der Waals surface area contributed by atoms with E-state index in [4.69, 9.17) is 16.6 Å². The Kier molecular flexibility index (Phi) is 3.38. The Balaban J connectivity index is 2.08. The maximum atomic E-state index is 6.27. The summed E-state index contributed by atoms with van der Waals surface area (Å²) in [4.78, 5) is 11.3. The predicted octanol–water partition coefficient (Wildman–Crippen LogP) is 3.71. The minimum Gasteiger partial charge on any atom is -0.341 e. The fourth-order valence-electron chi connectivity index (χ4n) is 2.41. The number of benzene rings is 1. The van der Waals surface area contributed by atoms with Crippen LogP contribution in [0.5, 0.6) is 0 Å². The minimum absolute atomic E-state index is 0.552. The van der Waals surface area contributed by atoms with Crippen LogP contribution >= 0.6 is 11.6 Å². The van der Waals surface area contributed by atoms with E-state index < -0.39 is 0 Å². The Labute approximate surface area is 118 Å². The van der Waals surface area contributed by atoms with Gasteiger partial charge in [-0.3, -0.25) is 0 Å². The largest absolute Gasteiger partial charge is 0.341 e. The van der Waals surface area contributed by atoms with Crippen LogP contribution in [0.1, 0.15) is 18.4 Å². The van der Waals surface area contributed by atoms with Crippen LogP contribution in [0, 0.1) is 6.92 Å². The first-order valence-electron chi connectivity index (χ1n) is 6.60. The van der Waals surface area contributed by atoms with Gasteiger partial charge in [0, 0.05) is 24.2 Å². The SMILES string of the molecule is Cc1c(Cl)nc(N2CCCC2)nc1-c1ccccc1. The molecular formula is C15H16ClN3. The van der Waals surface area contributed by atoms with Gasteiger partial charge in [-0.2, -0.15) is 0 Å². The molecule has 0 saturated carbocycles. The number of rotatable bonds is 2. The fourth-order valence-corrected chi connectivity index (χ4v) is 2.58. The molecule has 0 radical (unpaired) electrons. The molecule has 3 nitrogen and oxygen atoms in total. The third-order valence-electron chi connectivity index (χ3n) is 3.51. The van der Waals surface area contributed by atoms with E-state index in [1.54, 1.807) is 0 Å². The zero-order valence-electron chi connectivity index (χ0n) is 10.9. The monoisotopic (exact) mass is 273 g/mol. The Morgan fingerprint density at radius 3 is 2.42 bits per heavy atom. The van der Waals surface area contributed by atoms with Crippen LogP contribution in [0.25, 0.3) is 11.3 Å². The molecule has 0 spiro atoms. The number of hydrogen-bond acceptors (Lipinski definition) is 3. The van der Waals surface area contributed by atoms with Crippen LogP contribution in [0.2, 0.25) is 5.15 Å². The average molecular weight is 274 g/mol. The first-order chi connectivity index (χ1) is 9.25. The molecule has 0 aliphatic carbocycles. The molecule has 1 aliphatic rings. The zero-order chi connectivity index (χ0) is 13.2. The lowest BCUT2D eigenvalue weighted by atomic mass is 10.1. The van der Waals surface area contributed by atoms with E-state index in [9.17, 15) is 0 Å².